The number of esters is 1. The highest BCUT2D eigenvalue weighted by Crippen LogP contribution is 2.38. The quantitative estimate of drug-likeness (QED) is 0.671. The Bertz CT molecular complexity index is 1030. The molecule has 148 valence electrons. The third-order valence-electron chi connectivity index (χ3n) is 5.04. The highest BCUT2D eigenvalue weighted by atomic mass is 32.1. The smallest absolute Gasteiger partial charge is 0.348 e. The number of H-pyrrole nitrogens is 1. The zero-order valence-corrected chi connectivity index (χ0v) is 17.4. The molecule has 9 heteroatoms. The molecule has 1 saturated heterocycles. The van der Waals surface area contributed by atoms with E-state index in [9.17, 15) is 4.79 Å². The lowest BCUT2D eigenvalue weighted by molar-refractivity contribution is 0.0531. The Kier molecular flexibility index (Phi) is 5.01. The molecule has 3 aromatic rings. The molecule has 1 aliphatic rings. The Balaban J connectivity index is 1.74. The molecule has 0 radical (unpaired) electrons. The summed E-state index contributed by atoms with van der Waals surface area (Å²) in [5.74, 6) is 3.25. The lowest BCUT2D eigenvalue weighted by atomic mass is 9.97. The number of fused-ring (bicyclic) bond motifs is 1. The lowest BCUT2D eigenvalue weighted by Gasteiger charge is -2.33. The molecule has 1 unspecified atom stereocenters. The first-order valence-electron chi connectivity index (χ1n) is 9.56. The molecular weight excluding hydrogens is 376 g/mol. The van der Waals surface area contributed by atoms with E-state index in [0.717, 1.165) is 59.2 Å². The van der Waals surface area contributed by atoms with Gasteiger partial charge in [-0.3, -0.25) is 5.10 Å². The van der Waals surface area contributed by atoms with Gasteiger partial charge in [-0.1, -0.05) is 0 Å². The molecule has 0 spiro atoms. The van der Waals surface area contributed by atoms with E-state index in [1.807, 2.05) is 27.7 Å². The zero-order chi connectivity index (χ0) is 19.8. The maximum Gasteiger partial charge on any atom is 0.348 e. The summed E-state index contributed by atoms with van der Waals surface area (Å²) >= 11 is 1.38. The van der Waals surface area contributed by atoms with Gasteiger partial charge < -0.3 is 9.64 Å². The molecule has 0 aliphatic carbocycles. The van der Waals surface area contributed by atoms with Crippen LogP contribution in [0.4, 0.5) is 5.82 Å². The van der Waals surface area contributed by atoms with Gasteiger partial charge in [-0.15, -0.1) is 11.3 Å². The van der Waals surface area contributed by atoms with Gasteiger partial charge in [0.2, 0.25) is 0 Å². The summed E-state index contributed by atoms with van der Waals surface area (Å²) in [6.07, 6.45) is 2.09. The Labute approximate surface area is 167 Å². The fourth-order valence-corrected chi connectivity index (χ4v) is 4.88. The fraction of sp³-hybridized carbons (Fsp3) is 0.526. The van der Waals surface area contributed by atoms with Gasteiger partial charge in [0.15, 0.2) is 5.82 Å². The number of piperidine rings is 1. The van der Waals surface area contributed by atoms with Crippen molar-refractivity contribution >= 4 is 33.3 Å². The number of carbonyl (C=O) groups is 1. The SMILES string of the molecule is CCOC(=O)c1sc2nc(C)nc(N3CCCC(c4n[nH]c(C)n4)C3)c2c1C. The summed E-state index contributed by atoms with van der Waals surface area (Å²) in [7, 11) is 0. The topological polar surface area (TPSA) is 96.9 Å². The Morgan fingerprint density at radius 1 is 1.29 bits per heavy atom. The van der Waals surface area contributed by atoms with E-state index >= 15 is 0 Å². The summed E-state index contributed by atoms with van der Waals surface area (Å²) in [6.45, 7) is 9.64. The van der Waals surface area contributed by atoms with Crippen molar-refractivity contribution in [3.63, 3.8) is 0 Å². The fourth-order valence-electron chi connectivity index (χ4n) is 3.76. The van der Waals surface area contributed by atoms with E-state index in [1.54, 1.807) is 0 Å². The number of thiophene rings is 1. The molecule has 4 rings (SSSR count). The van der Waals surface area contributed by atoms with Crippen LogP contribution < -0.4 is 4.90 Å². The van der Waals surface area contributed by atoms with E-state index in [1.165, 1.54) is 11.3 Å². The van der Waals surface area contributed by atoms with Gasteiger partial charge in [0.1, 0.15) is 27.2 Å². The third-order valence-corrected chi connectivity index (χ3v) is 6.21. The number of ether oxygens (including phenoxy) is 1. The predicted octanol–water partition coefficient (Wildman–Crippen LogP) is 3.30. The number of aromatic nitrogens is 5. The third kappa shape index (κ3) is 3.34. The molecule has 1 aliphatic heterocycles. The number of rotatable bonds is 4. The van der Waals surface area contributed by atoms with Crippen molar-refractivity contribution in [3.05, 3.63) is 27.9 Å². The van der Waals surface area contributed by atoms with Gasteiger partial charge in [0, 0.05) is 19.0 Å². The molecule has 1 fully saturated rings. The standard InChI is InChI=1S/C19H24N6O2S/c1-5-27-19(26)15-10(2)14-17(21-11(3)22-18(14)28-15)25-8-6-7-13(9-25)16-20-12(4)23-24-16/h13H,5-9H2,1-4H3,(H,20,23,24). The van der Waals surface area contributed by atoms with E-state index in [0.29, 0.717) is 17.3 Å². The van der Waals surface area contributed by atoms with Gasteiger partial charge >= 0.3 is 5.97 Å². The number of aromatic amines is 1. The summed E-state index contributed by atoms with van der Waals surface area (Å²) in [6, 6.07) is 0. The van der Waals surface area contributed by atoms with Crippen LogP contribution in [0.15, 0.2) is 0 Å². The summed E-state index contributed by atoms with van der Waals surface area (Å²) < 4.78 is 5.22. The number of aryl methyl sites for hydroxylation is 3. The molecule has 4 heterocycles. The number of nitrogens with zero attached hydrogens (tertiary/aromatic N) is 5. The maximum absolute atomic E-state index is 12.4. The largest absolute Gasteiger partial charge is 0.462 e. The van der Waals surface area contributed by atoms with Crippen molar-refractivity contribution in [2.45, 2.75) is 46.5 Å². The summed E-state index contributed by atoms with van der Waals surface area (Å²) in [5.41, 5.74) is 0.893. The lowest BCUT2D eigenvalue weighted by Crippen LogP contribution is -2.35. The van der Waals surface area contributed by atoms with Crippen molar-refractivity contribution in [1.82, 2.24) is 25.1 Å². The van der Waals surface area contributed by atoms with Gasteiger partial charge in [-0.25, -0.2) is 19.7 Å². The van der Waals surface area contributed by atoms with Crippen molar-refractivity contribution in [2.24, 2.45) is 0 Å². The first-order valence-corrected chi connectivity index (χ1v) is 10.4. The van der Waals surface area contributed by atoms with E-state index < -0.39 is 0 Å². The van der Waals surface area contributed by atoms with Crippen LogP contribution in [0.5, 0.6) is 0 Å². The van der Waals surface area contributed by atoms with Crippen LogP contribution in [0.2, 0.25) is 0 Å². The maximum atomic E-state index is 12.4. The van der Waals surface area contributed by atoms with E-state index in [4.69, 9.17) is 9.72 Å². The molecule has 0 amide bonds. The van der Waals surface area contributed by atoms with Crippen LogP contribution in [0.1, 0.15) is 58.4 Å². The Morgan fingerprint density at radius 2 is 2.11 bits per heavy atom. The molecule has 0 aromatic carbocycles. The van der Waals surface area contributed by atoms with Crippen molar-refractivity contribution < 1.29 is 9.53 Å². The van der Waals surface area contributed by atoms with E-state index in [-0.39, 0.29) is 11.9 Å². The van der Waals surface area contributed by atoms with Gasteiger partial charge in [-0.2, -0.15) is 5.10 Å². The van der Waals surface area contributed by atoms with Crippen LogP contribution >= 0.6 is 11.3 Å². The molecule has 0 saturated carbocycles. The average molecular weight is 401 g/mol. The van der Waals surface area contributed by atoms with Crippen LogP contribution in [0, 0.1) is 20.8 Å². The molecule has 1 atom stereocenters. The van der Waals surface area contributed by atoms with Crippen molar-refractivity contribution in [2.75, 3.05) is 24.6 Å². The normalized spacial score (nSPS) is 17.3. The van der Waals surface area contributed by atoms with E-state index in [2.05, 4.69) is 25.1 Å². The number of carbonyl (C=O) groups excluding carboxylic acids is 1. The second-order valence-electron chi connectivity index (χ2n) is 7.12. The first kappa shape index (κ1) is 18.8. The minimum atomic E-state index is -0.292. The van der Waals surface area contributed by atoms with Crippen LogP contribution in [-0.2, 0) is 4.74 Å². The Hall–Kier alpha value is -2.55. The predicted molar refractivity (Wildman–Crippen MR) is 108 cm³/mol. The highest BCUT2D eigenvalue weighted by Gasteiger charge is 2.29. The van der Waals surface area contributed by atoms with Crippen LogP contribution in [-0.4, -0.2) is 50.8 Å². The molecule has 8 nitrogen and oxygen atoms in total. The minimum absolute atomic E-state index is 0.257. The number of hydrogen-bond acceptors (Lipinski definition) is 8. The number of hydrogen-bond donors (Lipinski definition) is 1. The van der Waals surface area contributed by atoms with Crippen molar-refractivity contribution in [3.8, 4) is 0 Å². The average Bonchev–Trinajstić information content (AvgIpc) is 3.25. The van der Waals surface area contributed by atoms with Crippen molar-refractivity contribution in [1.29, 1.82) is 0 Å². The van der Waals surface area contributed by atoms with Crippen LogP contribution in [0.25, 0.3) is 10.2 Å². The second kappa shape index (κ2) is 7.46. The second-order valence-corrected chi connectivity index (χ2v) is 8.11. The molecular formula is C19H24N6O2S. The Morgan fingerprint density at radius 3 is 2.82 bits per heavy atom. The summed E-state index contributed by atoms with van der Waals surface area (Å²) in [5, 5.41) is 8.25. The molecule has 0 bridgehead atoms. The van der Waals surface area contributed by atoms with Gasteiger partial charge in [0.05, 0.1) is 12.0 Å². The number of nitrogens with one attached hydrogen (secondary N) is 1. The summed E-state index contributed by atoms with van der Waals surface area (Å²) in [4.78, 5) is 29.9. The van der Waals surface area contributed by atoms with Gasteiger partial charge in [0.25, 0.3) is 0 Å². The molecule has 1 N–H and O–H groups in total. The minimum Gasteiger partial charge on any atom is -0.462 e. The molecule has 3 aromatic heterocycles. The monoisotopic (exact) mass is 400 g/mol. The zero-order valence-electron chi connectivity index (χ0n) is 16.6. The van der Waals surface area contributed by atoms with Crippen LogP contribution in [0.3, 0.4) is 0 Å². The highest BCUT2D eigenvalue weighted by molar-refractivity contribution is 7.20. The molecule has 28 heavy (non-hydrogen) atoms. The number of anilines is 1. The first-order chi connectivity index (χ1) is 13.5. The van der Waals surface area contributed by atoms with Gasteiger partial charge in [-0.05, 0) is 46.1 Å².